The number of ether oxygens (including phenoxy) is 1. The van der Waals surface area contributed by atoms with Gasteiger partial charge < -0.3 is 4.74 Å². The Morgan fingerprint density at radius 3 is 2.94 bits per heavy atom. The summed E-state index contributed by atoms with van der Waals surface area (Å²) in [4.78, 5) is 27.2. The van der Waals surface area contributed by atoms with Crippen LogP contribution in [-0.4, -0.2) is 25.1 Å². The molecule has 0 radical (unpaired) electrons. The average molecular weight is 238 g/mol. The molecule has 0 aromatic heterocycles. The molecule has 0 saturated carbocycles. The van der Waals surface area contributed by atoms with Gasteiger partial charge in [-0.1, -0.05) is 11.6 Å². The lowest BCUT2D eigenvalue weighted by atomic mass is 9.95. The maximum absolute atomic E-state index is 11.9. The fraction of sp³-hybridized carbons (Fsp3) is 0.182. The van der Waals surface area contributed by atoms with Gasteiger partial charge in [0.2, 0.25) is 0 Å². The SMILES string of the molecule is COC(=O)C1C=Nc2cc(Cl)ccc2C1=O. The molecular formula is C11H8ClNO3. The Morgan fingerprint density at radius 2 is 2.25 bits per heavy atom. The first-order valence-corrected chi connectivity index (χ1v) is 4.97. The lowest BCUT2D eigenvalue weighted by Crippen LogP contribution is -2.28. The van der Waals surface area contributed by atoms with Crippen molar-refractivity contribution in [3.05, 3.63) is 28.8 Å². The van der Waals surface area contributed by atoms with Crippen LogP contribution in [0.2, 0.25) is 5.02 Å². The Labute approximate surface area is 96.9 Å². The van der Waals surface area contributed by atoms with Crippen LogP contribution in [-0.2, 0) is 9.53 Å². The number of methoxy groups -OCH3 is 1. The molecule has 0 N–H and O–H groups in total. The first-order chi connectivity index (χ1) is 7.63. The van der Waals surface area contributed by atoms with E-state index in [4.69, 9.17) is 11.6 Å². The number of hydrogen-bond acceptors (Lipinski definition) is 4. The van der Waals surface area contributed by atoms with Crippen LogP contribution in [0.3, 0.4) is 0 Å². The van der Waals surface area contributed by atoms with Crippen LogP contribution >= 0.6 is 11.6 Å². The van der Waals surface area contributed by atoms with Gasteiger partial charge in [-0.05, 0) is 18.2 Å². The molecule has 4 nitrogen and oxygen atoms in total. The monoisotopic (exact) mass is 237 g/mol. The van der Waals surface area contributed by atoms with Crippen LogP contribution in [0.25, 0.3) is 0 Å². The quantitative estimate of drug-likeness (QED) is 0.555. The van der Waals surface area contributed by atoms with E-state index in [1.165, 1.54) is 13.3 Å². The zero-order valence-electron chi connectivity index (χ0n) is 8.44. The van der Waals surface area contributed by atoms with E-state index >= 15 is 0 Å². The predicted molar refractivity (Wildman–Crippen MR) is 59.4 cm³/mol. The summed E-state index contributed by atoms with van der Waals surface area (Å²) in [5.74, 6) is -1.86. The molecule has 0 saturated heterocycles. The number of carbonyl (C=O) groups excluding carboxylic acids is 2. The van der Waals surface area contributed by atoms with Gasteiger partial charge in [0.15, 0.2) is 11.7 Å². The topological polar surface area (TPSA) is 55.7 Å². The van der Waals surface area contributed by atoms with E-state index in [0.29, 0.717) is 16.3 Å². The second kappa shape index (κ2) is 4.06. The highest BCUT2D eigenvalue weighted by atomic mass is 35.5. The van der Waals surface area contributed by atoms with E-state index in [1.807, 2.05) is 0 Å². The molecule has 1 aliphatic heterocycles. The minimum absolute atomic E-state index is 0.312. The van der Waals surface area contributed by atoms with Gasteiger partial charge >= 0.3 is 5.97 Å². The smallest absolute Gasteiger partial charge is 0.322 e. The van der Waals surface area contributed by atoms with Crippen LogP contribution in [0, 0.1) is 5.92 Å². The minimum atomic E-state index is -0.946. The third-order valence-corrected chi connectivity index (χ3v) is 2.56. The molecule has 5 heteroatoms. The number of nitrogens with zero attached hydrogens (tertiary/aromatic N) is 1. The molecule has 0 fully saturated rings. The fourth-order valence-electron chi connectivity index (χ4n) is 1.50. The van der Waals surface area contributed by atoms with Crippen LogP contribution in [0.4, 0.5) is 5.69 Å². The number of halogens is 1. The summed E-state index contributed by atoms with van der Waals surface area (Å²) >= 11 is 5.77. The van der Waals surface area contributed by atoms with Gasteiger partial charge in [0.1, 0.15) is 0 Å². The summed E-state index contributed by atoms with van der Waals surface area (Å²) in [6, 6.07) is 4.73. The number of aliphatic imine (C=N–C) groups is 1. The molecule has 0 spiro atoms. The number of ketones is 1. The minimum Gasteiger partial charge on any atom is -0.468 e. The summed E-state index contributed by atoms with van der Waals surface area (Å²) in [6.45, 7) is 0. The van der Waals surface area contributed by atoms with Crippen molar-refractivity contribution in [3.63, 3.8) is 0 Å². The third kappa shape index (κ3) is 1.72. The van der Waals surface area contributed by atoms with Crippen LogP contribution < -0.4 is 0 Å². The van der Waals surface area contributed by atoms with Crippen molar-refractivity contribution < 1.29 is 14.3 Å². The highest BCUT2D eigenvalue weighted by Gasteiger charge is 2.31. The number of esters is 1. The van der Waals surface area contributed by atoms with Gasteiger partial charge in [0, 0.05) is 16.8 Å². The molecular weight excluding hydrogens is 230 g/mol. The summed E-state index contributed by atoms with van der Waals surface area (Å²) in [5.41, 5.74) is 0.875. The maximum Gasteiger partial charge on any atom is 0.322 e. The maximum atomic E-state index is 11.9. The molecule has 82 valence electrons. The van der Waals surface area contributed by atoms with Crippen LogP contribution in [0.5, 0.6) is 0 Å². The Bertz CT molecular complexity index is 496. The fourth-order valence-corrected chi connectivity index (χ4v) is 1.67. The molecule has 1 aromatic rings. The Kier molecular flexibility index (Phi) is 2.75. The first kappa shape index (κ1) is 10.8. The van der Waals surface area contributed by atoms with Crippen molar-refractivity contribution in [2.24, 2.45) is 10.9 Å². The van der Waals surface area contributed by atoms with Crippen molar-refractivity contribution in [2.75, 3.05) is 7.11 Å². The summed E-state index contributed by atoms with van der Waals surface area (Å²) in [6.07, 6.45) is 1.28. The van der Waals surface area contributed by atoms with Crippen LogP contribution in [0.15, 0.2) is 23.2 Å². The molecule has 16 heavy (non-hydrogen) atoms. The summed E-state index contributed by atoms with van der Waals surface area (Å²) in [5, 5.41) is 0.500. The number of hydrogen-bond donors (Lipinski definition) is 0. The van der Waals surface area contributed by atoms with Crippen molar-refractivity contribution in [2.45, 2.75) is 0 Å². The lowest BCUT2D eigenvalue weighted by Gasteiger charge is -2.15. The molecule has 0 amide bonds. The highest BCUT2D eigenvalue weighted by Crippen LogP contribution is 2.29. The van der Waals surface area contributed by atoms with E-state index in [0.717, 1.165) is 0 Å². The average Bonchev–Trinajstić information content (AvgIpc) is 2.28. The van der Waals surface area contributed by atoms with Gasteiger partial charge in [-0.3, -0.25) is 14.6 Å². The summed E-state index contributed by atoms with van der Waals surface area (Å²) in [7, 11) is 1.24. The lowest BCUT2D eigenvalue weighted by molar-refractivity contribution is -0.141. The van der Waals surface area contributed by atoms with Crippen molar-refractivity contribution in [3.8, 4) is 0 Å². The second-order valence-electron chi connectivity index (χ2n) is 3.30. The van der Waals surface area contributed by atoms with E-state index in [2.05, 4.69) is 9.73 Å². The van der Waals surface area contributed by atoms with E-state index in [-0.39, 0.29) is 5.78 Å². The molecule has 0 bridgehead atoms. The number of carbonyl (C=O) groups is 2. The normalized spacial score (nSPS) is 18.1. The molecule has 1 atom stereocenters. The number of Topliss-reactive ketones (excluding diaryl/α,β-unsaturated/α-hetero) is 1. The first-order valence-electron chi connectivity index (χ1n) is 4.59. The van der Waals surface area contributed by atoms with Gasteiger partial charge in [0.05, 0.1) is 12.8 Å². The number of fused-ring (bicyclic) bond motifs is 1. The highest BCUT2D eigenvalue weighted by molar-refractivity contribution is 6.31. The molecule has 1 aromatic carbocycles. The predicted octanol–water partition coefficient (Wildman–Crippen LogP) is 2.03. The Balaban J connectivity index is 2.43. The molecule has 0 aliphatic carbocycles. The van der Waals surface area contributed by atoms with Crippen molar-refractivity contribution in [1.82, 2.24) is 0 Å². The number of benzene rings is 1. The molecule has 1 heterocycles. The van der Waals surface area contributed by atoms with Crippen molar-refractivity contribution in [1.29, 1.82) is 0 Å². The molecule has 1 aliphatic rings. The zero-order valence-corrected chi connectivity index (χ0v) is 9.19. The van der Waals surface area contributed by atoms with Gasteiger partial charge in [-0.15, -0.1) is 0 Å². The van der Waals surface area contributed by atoms with Gasteiger partial charge in [-0.25, -0.2) is 0 Å². The van der Waals surface area contributed by atoms with E-state index in [9.17, 15) is 9.59 Å². The van der Waals surface area contributed by atoms with E-state index in [1.54, 1.807) is 18.2 Å². The molecule has 1 unspecified atom stereocenters. The van der Waals surface area contributed by atoms with Gasteiger partial charge in [-0.2, -0.15) is 0 Å². The van der Waals surface area contributed by atoms with E-state index < -0.39 is 11.9 Å². The van der Waals surface area contributed by atoms with Crippen LogP contribution in [0.1, 0.15) is 10.4 Å². The number of rotatable bonds is 1. The largest absolute Gasteiger partial charge is 0.468 e. The Hall–Kier alpha value is -1.68. The Morgan fingerprint density at radius 1 is 1.50 bits per heavy atom. The zero-order chi connectivity index (χ0) is 11.7. The standard InChI is InChI=1S/C11H8ClNO3/c1-16-11(15)8-5-13-9-4-6(12)2-3-7(9)10(8)14/h2-5,8H,1H3. The summed E-state index contributed by atoms with van der Waals surface area (Å²) < 4.78 is 4.52. The van der Waals surface area contributed by atoms with Crippen molar-refractivity contribution >= 4 is 35.3 Å². The van der Waals surface area contributed by atoms with Gasteiger partial charge in [0.25, 0.3) is 0 Å². The molecule has 2 rings (SSSR count). The second-order valence-corrected chi connectivity index (χ2v) is 3.74. The third-order valence-electron chi connectivity index (χ3n) is 2.33.